The average molecular weight is 189 g/mol. The van der Waals surface area contributed by atoms with Gasteiger partial charge in [0.05, 0.1) is 5.56 Å². The molecule has 0 radical (unpaired) electrons. The Morgan fingerprint density at radius 1 is 1.38 bits per heavy atom. The van der Waals surface area contributed by atoms with E-state index < -0.39 is 11.7 Å². The monoisotopic (exact) mass is 189 g/mol. The third-order valence-corrected chi connectivity index (χ3v) is 1.95. The molecule has 0 bridgehead atoms. The maximum absolute atomic E-state index is 12.3. The molecule has 0 unspecified atom stereocenters. The molecule has 0 aliphatic rings. The Kier molecular flexibility index (Phi) is 2.59. The van der Waals surface area contributed by atoms with Crippen molar-refractivity contribution in [1.82, 2.24) is 4.98 Å². The van der Waals surface area contributed by atoms with Gasteiger partial charge in [-0.2, -0.15) is 13.2 Å². The van der Waals surface area contributed by atoms with Gasteiger partial charge < -0.3 is 0 Å². The van der Waals surface area contributed by atoms with Crippen LogP contribution >= 0.6 is 0 Å². The molecule has 1 nitrogen and oxygen atoms in total. The van der Waals surface area contributed by atoms with Gasteiger partial charge in [-0.3, -0.25) is 4.98 Å². The number of aryl methyl sites for hydroxylation is 1. The Morgan fingerprint density at radius 2 is 2.00 bits per heavy atom. The number of hydrogen-bond acceptors (Lipinski definition) is 1. The Morgan fingerprint density at radius 3 is 2.46 bits per heavy atom. The first-order valence-corrected chi connectivity index (χ1v) is 3.98. The number of halogens is 3. The summed E-state index contributed by atoms with van der Waals surface area (Å²) in [4.78, 5) is 3.87. The van der Waals surface area contributed by atoms with E-state index in [4.69, 9.17) is 0 Å². The van der Waals surface area contributed by atoms with Crippen LogP contribution in [0.4, 0.5) is 13.2 Å². The molecule has 1 rings (SSSR count). The third kappa shape index (κ3) is 1.99. The number of pyridine rings is 1. The smallest absolute Gasteiger partial charge is 0.261 e. The fourth-order valence-corrected chi connectivity index (χ4v) is 1.24. The van der Waals surface area contributed by atoms with E-state index in [-0.39, 0.29) is 5.56 Å². The minimum atomic E-state index is -4.27. The van der Waals surface area contributed by atoms with E-state index >= 15 is 0 Å². The second kappa shape index (κ2) is 3.36. The highest BCUT2D eigenvalue weighted by Gasteiger charge is 2.32. The van der Waals surface area contributed by atoms with Crippen molar-refractivity contribution in [3.63, 3.8) is 0 Å². The zero-order valence-electron chi connectivity index (χ0n) is 7.44. The Hall–Kier alpha value is -1.06. The molecule has 1 aromatic heterocycles. The molecule has 13 heavy (non-hydrogen) atoms. The predicted octanol–water partition coefficient (Wildman–Crippen LogP) is 2.97. The van der Waals surface area contributed by atoms with Crippen LogP contribution in [0.3, 0.4) is 0 Å². The molecule has 0 aliphatic carbocycles. The first kappa shape index (κ1) is 10.0. The molecule has 4 heteroatoms. The van der Waals surface area contributed by atoms with E-state index in [1.165, 1.54) is 13.1 Å². The summed E-state index contributed by atoms with van der Waals surface area (Å²) in [6, 6.07) is 1.01. The molecule has 0 saturated carbocycles. The largest absolute Gasteiger partial charge is 0.416 e. The van der Waals surface area contributed by atoms with Crippen molar-refractivity contribution in [2.24, 2.45) is 0 Å². The number of rotatable bonds is 1. The molecule has 0 N–H and O–H groups in total. The van der Waals surface area contributed by atoms with Crippen LogP contribution in [0.25, 0.3) is 0 Å². The Bertz CT molecular complexity index is 304. The first-order valence-electron chi connectivity index (χ1n) is 3.98. The lowest BCUT2D eigenvalue weighted by atomic mass is 10.1. The highest BCUT2D eigenvalue weighted by atomic mass is 19.4. The Balaban J connectivity index is 3.24. The van der Waals surface area contributed by atoms with E-state index in [0.717, 1.165) is 6.07 Å². The second-order valence-corrected chi connectivity index (χ2v) is 2.78. The summed E-state index contributed by atoms with van der Waals surface area (Å²) < 4.78 is 37.0. The highest BCUT2D eigenvalue weighted by Crippen LogP contribution is 2.32. The van der Waals surface area contributed by atoms with Gasteiger partial charge >= 0.3 is 6.18 Å². The van der Waals surface area contributed by atoms with Crippen molar-refractivity contribution in [3.8, 4) is 0 Å². The lowest BCUT2D eigenvalue weighted by molar-refractivity contribution is -0.138. The molecule has 72 valence electrons. The molecule has 0 saturated heterocycles. The van der Waals surface area contributed by atoms with Gasteiger partial charge in [0.25, 0.3) is 0 Å². The van der Waals surface area contributed by atoms with Crippen molar-refractivity contribution < 1.29 is 13.2 Å². The van der Waals surface area contributed by atoms with Crippen molar-refractivity contribution in [2.75, 3.05) is 0 Å². The molecule has 0 aliphatic heterocycles. The lowest BCUT2D eigenvalue weighted by Gasteiger charge is -2.11. The van der Waals surface area contributed by atoms with Crippen LogP contribution in [0.2, 0.25) is 0 Å². The van der Waals surface area contributed by atoms with Crippen molar-refractivity contribution in [3.05, 3.63) is 29.1 Å². The minimum Gasteiger partial charge on any atom is -0.261 e. The molecular weight excluding hydrogens is 179 g/mol. The van der Waals surface area contributed by atoms with Crippen LogP contribution in [-0.2, 0) is 12.6 Å². The summed E-state index contributed by atoms with van der Waals surface area (Å²) in [5.74, 6) is 0. The van der Waals surface area contributed by atoms with Gasteiger partial charge in [0.1, 0.15) is 0 Å². The summed E-state index contributed by atoms with van der Waals surface area (Å²) in [5, 5.41) is 0. The van der Waals surface area contributed by atoms with E-state index in [2.05, 4.69) is 4.98 Å². The SMILES string of the molecule is CCc1nccc(C(F)(F)F)c1C. The van der Waals surface area contributed by atoms with Crippen molar-refractivity contribution in [2.45, 2.75) is 26.4 Å². The van der Waals surface area contributed by atoms with Gasteiger partial charge in [-0.25, -0.2) is 0 Å². The summed E-state index contributed by atoms with van der Waals surface area (Å²) in [6.45, 7) is 3.24. The van der Waals surface area contributed by atoms with Crippen LogP contribution in [0.1, 0.15) is 23.7 Å². The Labute approximate surface area is 74.6 Å². The molecule has 0 atom stereocenters. The second-order valence-electron chi connectivity index (χ2n) is 2.78. The van der Waals surface area contributed by atoms with Crippen LogP contribution in [0.15, 0.2) is 12.3 Å². The number of alkyl halides is 3. The number of nitrogens with zero attached hydrogens (tertiary/aromatic N) is 1. The van der Waals surface area contributed by atoms with Gasteiger partial charge in [0.15, 0.2) is 0 Å². The van der Waals surface area contributed by atoms with Crippen LogP contribution in [0.5, 0.6) is 0 Å². The van der Waals surface area contributed by atoms with Crippen LogP contribution in [0, 0.1) is 6.92 Å². The molecule has 0 amide bonds. The number of aromatic nitrogens is 1. The van der Waals surface area contributed by atoms with Gasteiger partial charge in [0, 0.05) is 11.9 Å². The summed E-state index contributed by atoms with van der Waals surface area (Å²) >= 11 is 0. The maximum Gasteiger partial charge on any atom is 0.416 e. The lowest BCUT2D eigenvalue weighted by Crippen LogP contribution is -2.09. The third-order valence-electron chi connectivity index (χ3n) is 1.95. The fraction of sp³-hybridized carbons (Fsp3) is 0.444. The topological polar surface area (TPSA) is 12.9 Å². The van der Waals surface area contributed by atoms with E-state index in [1.54, 1.807) is 6.92 Å². The molecule has 1 aromatic rings. The zero-order valence-corrected chi connectivity index (χ0v) is 7.44. The molecule has 0 aromatic carbocycles. The normalized spacial score (nSPS) is 11.8. The van der Waals surface area contributed by atoms with Crippen molar-refractivity contribution in [1.29, 1.82) is 0 Å². The van der Waals surface area contributed by atoms with Gasteiger partial charge in [-0.15, -0.1) is 0 Å². The summed E-state index contributed by atoms with van der Waals surface area (Å²) in [6.07, 6.45) is -2.54. The molecule has 1 heterocycles. The minimum absolute atomic E-state index is 0.234. The standard InChI is InChI=1S/C9H10F3N/c1-3-8-6(2)7(4-5-13-8)9(10,11)12/h4-5H,3H2,1-2H3. The highest BCUT2D eigenvalue weighted by molar-refractivity contribution is 5.30. The van der Waals surface area contributed by atoms with Gasteiger partial charge in [-0.05, 0) is 25.0 Å². The average Bonchev–Trinajstić information content (AvgIpc) is 2.02. The van der Waals surface area contributed by atoms with E-state index in [9.17, 15) is 13.2 Å². The van der Waals surface area contributed by atoms with Gasteiger partial charge in [-0.1, -0.05) is 6.92 Å². The predicted molar refractivity (Wildman–Crippen MR) is 43.4 cm³/mol. The summed E-state index contributed by atoms with van der Waals surface area (Å²) in [7, 11) is 0. The van der Waals surface area contributed by atoms with Crippen molar-refractivity contribution >= 4 is 0 Å². The van der Waals surface area contributed by atoms with E-state index in [0.29, 0.717) is 12.1 Å². The fourth-order valence-electron chi connectivity index (χ4n) is 1.24. The van der Waals surface area contributed by atoms with Crippen LogP contribution in [-0.4, -0.2) is 4.98 Å². The zero-order chi connectivity index (χ0) is 10.1. The summed E-state index contributed by atoms with van der Waals surface area (Å²) in [5.41, 5.74) is 0.159. The molecule has 0 fully saturated rings. The maximum atomic E-state index is 12.3. The number of hydrogen-bond donors (Lipinski definition) is 0. The molecule has 0 spiro atoms. The van der Waals surface area contributed by atoms with Gasteiger partial charge in [0.2, 0.25) is 0 Å². The molecular formula is C9H10F3N. The first-order chi connectivity index (χ1) is 5.96. The quantitative estimate of drug-likeness (QED) is 0.661. The van der Waals surface area contributed by atoms with Crippen LogP contribution < -0.4 is 0 Å². The van der Waals surface area contributed by atoms with E-state index in [1.807, 2.05) is 0 Å².